The standard InChI is InChI=1S/C48H58N3O6P3/c1-31-13-19-37(7)43(25-31)52-58(53-44-26-32(2)14-20-38(44)8)49-59(54-45-27-33(3)15-21-39(45)9,55-46-28-34(4)16-22-40(46)10)51-60(50-58,56-47-29-35(5)17-23-41(47)11)57-48-30-36(6)18-24-42(48)12/h13-30,49-50,58-59H,1-12H3. The molecule has 0 aromatic heterocycles. The summed E-state index contributed by atoms with van der Waals surface area (Å²) in [5, 5.41) is 0. The van der Waals surface area contributed by atoms with E-state index in [1.165, 1.54) is 0 Å². The molecule has 0 saturated heterocycles. The molecule has 9 nitrogen and oxygen atoms in total. The van der Waals surface area contributed by atoms with E-state index in [0.717, 1.165) is 66.8 Å². The third-order valence-electron chi connectivity index (χ3n) is 10.4. The van der Waals surface area contributed by atoms with Crippen LogP contribution in [0.4, 0.5) is 0 Å². The third kappa shape index (κ3) is 9.84. The van der Waals surface area contributed by atoms with Crippen LogP contribution < -0.4 is 36.9 Å². The molecule has 0 fully saturated rings. The molecule has 0 spiro atoms. The fourth-order valence-electron chi connectivity index (χ4n) is 6.74. The van der Waals surface area contributed by atoms with E-state index in [0.29, 0.717) is 34.5 Å². The van der Waals surface area contributed by atoms with E-state index in [4.69, 9.17) is 31.7 Å². The normalized spacial score (nSPS) is 16.1. The first-order valence-corrected chi connectivity index (χ1v) is 25.4. The molecule has 6 aromatic carbocycles. The zero-order valence-electron chi connectivity index (χ0n) is 36.7. The van der Waals surface area contributed by atoms with E-state index < -0.39 is 23.7 Å². The molecule has 1 heterocycles. The van der Waals surface area contributed by atoms with E-state index in [1.54, 1.807) is 0 Å². The Kier molecular flexibility index (Phi) is 12.4. The molecule has 0 bridgehead atoms. The van der Waals surface area contributed by atoms with Crippen LogP contribution in [0.15, 0.2) is 114 Å². The molecular weight excluding hydrogens is 807 g/mol. The first kappa shape index (κ1) is 43.2. The molecule has 6 aromatic rings. The maximum atomic E-state index is 7.41. The summed E-state index contributed by atoms with van der Waals surface area (Å²) in [7, 11) is -12.5. The minimum atomic E-state index is -4.36. The third-order valence-corrected chi connectivity index (χ3v) is 20.3. The van der Waals surface area contributed by atoms with Crippen molar-refractivity contribution in [2.24, 2.45) is 4.52 Å². The van der Waals surface area contributed by atoms with Crippen molar-refractivity contribution in [3.8, 4) is 34.5 Å². The topological polar surface area (TPSA) is 91.8 Å². The van der Waals surface area contributed by atoms with Crippen molar-refractivity contribution in [1.29, 1.82) is 0 Å². The van der Waals surface area contributed by atoms with Crippen LogP contribution >= 0.6 is 23.7 Å². The fourth-order valence-corrected chi connectivity index (χ4v) is 18.6. The van der Waals surface area contributed by atoms with Gasteiger partial charge in [0.25, 0.3) is 0 Å². The van der Waals surface area contributed by atoms with Gasteiger partial charge in [-0.25, -0.2) is 0 Å². The fraction of sp³-hybridized carbons (Fsp3) is 0.250. The first-order valence-electron chi connectivity index (χ1n) is 20.2. The summed E-state index contributed by atoms with van der Waals surface area (Å²) in [6, 6.07) is 36.7. The number of benzene rings is 6. The molecule has 0 radical (unpaired) electrons. The SMILES string of the molecule is Cc1ccc(C)c(OP2(Oc3cc(C)ccc3C)=N[PH](Oc3cc(C)ccc3C)(Oc3cc(C)ccc3C)N[PH](Oc3cc(C)ccc3C)(Oc3cc(C)ccc3C)N2)c1. The summed E-state index contributed by atoms with van der Waals surface area (Å²) in [6.45, 7) is 24.3. The van der Waals surface area contributed by atoms with Gasteiger partial charge in [-0.2, -0.15) is 0 Å². The summed E-state index contributed by atoms with van der Waals surface area (Å²) in [4.78, 5) is 7.62. The van der Waals surface area contributed by atoms with Crippen LogP contribution in [-0.4, -0.2) is 0 Å². The predicted octanol–water partition coefficient (Wildman–Crippen LogP) is 14.1. The maximum absolute atomic E-state index is 7.41. The monoisotopic (exact) mass is 865 g/mol. The first-order chi connectivity index (χ1) is 28.4. The zero-order chi connectivity index (χ0) is 43.0. The molecule has 0 atom stereocenters. The number of nitrogens with one attached hydrogen (secondary N) is 2. The van der Waals surface area contributed by atoms with Gasteiger partial charge in [0.15, 0.2) is 0 Å². The molecule has 0 unspecified atom stereocenters. The van der Waals surface area contributed by atoms with Crippen molar-refractivity contribution in [3.05, 3.63) is 176 Å². The molecular formula is C48H58N3O6P3. The Labute approximate surface area is 357 Å². The van der Waals surface area contributed by atoms with Gasteiger partial charge >= 0.3 is 359 Å². The summed E-state index contributed by atoms with van der Waals surface area (Å²) < 4.78 is 49.9. The van der Waals surface area contributed by atoms with Gasteiger partial charge in [-0.15, -0.1) is 0 Å². The number of nitrogens with zero attached hydrogens (tertiary/aromatic N) is 1. The van der Waals surface area contributed by atoms with Gasteiger partial charge in [0.1, 0.15) is 0 Å². The van der Waals surface area contributed by atoms with Crippen molar-refractivity contribution >= 4 is 23.7 Å². The van der Waals surface area contributed by atoms with Crippen molar-refractivity contribution in [3.63, 3.8) is 0 Å². The Hall–Kier alpha value is -4.87. The number of rotatable bonds is 12. The molecule has 0 aliphatic carbocycles. The molecule has 12 heteroatoms. The van der Waals surface area contributed by atoms with Gasteiger partial charge < -0.3 is 0 Å². The van der Waals surface area contributed by atoms with E-state index in [1.807, 2.05) is 156 Å². The second kappa shape index (κ2) is 17.2. The van der Waals surface area contributed by atoms with Gasteiger partial charge in [0.2, 0.25) is 0 Å². The van der Waals surface area contributed by atoms with Gasteiger partial charge in [-0.05, 0) is 0 Å². The van der Waals surface area contributed by atoms with E-state index >= 15 is 0 Å². The van der Waals surface area contributed by atoms with Gasteiger partial charge in [-0.1, -0.05) is 0 Å². The Balaban J connectivity index is 1.61. The van der Waals surface area contributed by atoms with Crippen molar-refractivity contribution in [2.75, 3.05) is 0 Å². The van der Waals surface area contributed by atoms with Crippen LogP contribution in [0.2, 0.25) is 0 Å². The summed E-state index contributed by atoms with van der Waals surface area (Å²) >= 11 is 0. The second-order valence-electron chi connectivity index (χ2n) is 16.3. The Morgan fingerprint density at radius 2 is 0.633 bits per heavy atom. The van der Waals surface area contributed by atoms with E-state index in [-0.39, 0.29) is 0 Å². The van der Waals surface area contributed by atoms with Crippen LogP contribution in [0.1, 0.15) is 66.8 Å². The van der Waals surface area contributed by atoms with E-state index in [2.05, 4.69) is 46.1 Å². The summed E-state index contributed by atoms with van der Waals surface area (Å²) in [5.74, 6) is 3.62. The Morgan fingerprint density at radius 3 is 0.950 bits per heavy atom. The van der Waals surface area contributed by atoms with Crippen molar-refractivity contribution in [2.45, 2.75) is 83.1 Å². The van der Waals surface area contributed by atoms with Crippen molar-refractivity contribution < 1.29 is 27.1 Å². The zero-order valence-corrected chi connectivity index (χ0v) is 39.6. The molecule has 316 valence electrons. The summed E-state index contributed by atoms with van der Waals surface area (Å²) in [5.41, 5.74) is 11.5. The molecule has 1 aliphatic heterocycles. The number of hydrogen-bond donors (Lipinski definition) is 2. The Morgan fingerprint density at radius 1 is 0.367 bits per heavy atom. The predicted molar refractivity (Wildman–Crippen MR) is 252 cm³/mol. The van der Waals surface area contributed by atoms with Gasteiger partial charge in [0.05, 0.1) is 0 Å². The molecule has 1 aliphatic rings. The van der Waals surface area contributed by atoms with Gasteiger partial charge in [-0.3, -0.25) is 0 Å². The average molecular weight is 866 g/mol. The number of aryl methyl sites for hydroxylation is 12. The Bertz CT molecular complexity index is 2480. The molecule has 2 N–H and O–H groups in total. The van der Waals surface area contributed by atoms with Gasteiger partial charge in [0, 0.05) is 0 Å². The van der Waals surface area contributed by atoms with Crippen molar-refractivity contribution in [1.82, 2.24) is 9.72 Å². The molecule has 60 heavy (non-hydrogen) atoms. The van der Waals surface area contributed by atoms with Crippen LogP contribution in [0.5, 0.6) is 34.5 Å². The number of hydrogen-bond acceptors (Lipinski definition) is 9. The van der Waals surface area contributed by atoms with E-state index in [9.17, 15) is 0 Å². The molecule has 0 saturated carbocycles. The molecule has 7 rings (SSSR count). The minimum absolute atomic E-state index is 0.592. The quantitative estimate of drug-likeness (QED) is 0.118. The van der Waals surface area contributed by atoms with Crippen LogP contribution in [0, 0.1) is 83.1 Å². The van der Waals surface area contributed by atoms with Crippen LogP contribution in [0.3, 0.4) is 0 Å². The average Bonchev–Trinajstić information content (AvgIpc) is 3.17. The van der Waals surface area contributed by atoms with Crippen LogP contribution in [0.25, 0.3) is 0 Å². The summed E-state index contributed by atoms with van der Waals surface area (Å²) in [6.07, 6.45) is 0. The van der Waals surface area contributed by atoms with Crippen LogP contribution in [-0.2, 0) is 0 Å². The second-order valence-corrected chi connectivity index (χ2v) is 23.6. The molecule has 0 amide bonds.